The maximum Gasteiger partial charge on any atom is 0.361 e. The molecule has 2 unspecified atom stereocenters. The van der Waals surface area contributed by atoms with Crippen LogP contribution < -0.4 is 0 Å². The molecule has 0 aromatic heterocycles. The lowest BCUT2D eigenvalue weighted by Crippen LogP contribution is -2.40. The van der Waals surface area contributed by atoms with Gasteiger partial charge in [0.25, 0.3) is 6.29 Å². The molecule has 0 saturated heterocycles. The normalized spacial score (nSPS) is 14.5. The molecule has 0 radical (unpaired) electrons. The van der Waals surface area contributed by atoms with Gasteiger partial charge in [0.15, 0.2) is 0 Å². The van der Waals surface area contributed by atoms with E-state index in [1.54, 1.807) is 0 Å². The number of allylic oxidation sites excluding steroid dienone is 14. The van der Waals surface area contributed by atoms with Gasteiger partial charge in [0.05, 0.1) is 34.4 Å². The standard InChI is InChI=1S/C36H57NO7/c1-5-6-7-8-9-10-11-12-13-14-15-16-17-18-19-20-21-22-23-24-25-26-27-28-34(39)43-31-33(38)32-44-36(35(40)41)42-30-29-37(2,3)4/h6-7,9-10,12-13,15-16,18-19,21-22,24-25,33,36,38H,5,8,11,14,17,20,23,26-32H2,1-4H3/p+1/b7-6-,10-9-,13-12-,16-15-,19-18-,22-21-,25-24-. The van der Waals surface area contributed by atoms with Gasteiger partial charge in [0.2, 0.25) is 0 Å². The second-order valence-electron chi connectivity index (χ2n) is 11.2. The van der Waals surface area contributed by atoms with Crippen LogP contribution in [0.3, 0.4) is 0 Å². The minimum atomic E-state index is -1.48. The minimum Gasteiger partial charge on any atom is -0.477 e. The molecular weight excluding hydrogens is 558 g/mol. The molecule has 0 aliphatic carbocycles. The van der Waals surface area contributed by atoms with E-state index in [0.717, 1.165) is 51.4 Å². The second kappa shape index (κ2) is 28.7. The fourth-order valence-corrected chi connectivity index (χ4v) is 3.41. The second-order valence-corrected chi connectivity index (χ2v) is 11.2. The van der Waals surface area contributed by atoms with Crippen LogP contribution in [0, 0.1) is 0 Å². The number of aliphatic carboxylic acids is 1. The number of nitrogens with zero attached hydrogens (tertiary/aromatic N) is 1. The molecule has 2 atom stereocenters. The molecule has 44 heavy (non-hydrogen) atoms. The van der Waals surface area contributed by atoms with Gasteiger partial charge in [-0.1, -0.05) is 92.0 Å². The van der Waals surface area contributed by atoms with Crippen molar-refractivity contribution in [2.24, 2.45) is 0 Å². The fraction of sp³-hybridized carbons (Fsp3) is 0.556. The molecule has 8 nitrogen and oxygen atoms in total. The first kappa shape index (κ1) is 41.0. The number of rotatable bonds is 27. The molecular formula is C36H58NO7+. The van der Waals surface area contributed by atoms with Crippen molar-refractivity contribution in [3.63, 3.8) is 0 Å². The van der Waals surface area contributed by atoms with Crippen molar-refractivity contribution in [1.29, 1.82) is 0 Å². The van der Waals surface area contributed by atoms with Gasteiger partial charge in [-0.25, -0.2) is 4.79 Å². The SMILES string of the molecule is CC/C=C\C/C=C\C/C=C\C/C=C\C/C=C\C/C=C\C/C=C\CCCC(=O)OCC(O)COC(OCC[N+](C)(C)C)C(=O)O. The summed E-state index contributed by atoms with van der Waals surface area (Å²) in [5, 5.41) is 19.2. The quantitative estimate of drug-likeness (QED) is 0.0342. The van der Waals surface area contributed by atoms with E-state index in [2.05, 4.69) is 85.9 Å². The summed E-state index contributed by atoms with van der Waals surface area (Å²) in [6.07, 6.45) is 36.1. The van der Waals surface area contributed by atoms with Crippen LogP contribution in [-0.2, 0) is 23.8 Å². The largest absolute Gasteiger partial charge is 0.477 e. The number of carbonyl (C=O) groups is 2. The molecule has 0 aliphatic heterocycles. The Morgan fingerprint density at radius 1 is 0.682 bits per heavy atom. The Morgan fingerprint density at radius 3 is 1.57 bits per heavy atom. The highest BCUT2D eigenvalue weighted by Crippen LogP contribution is 2.04. The number of hydrogen-bond donors (Lipinski definition) is 2. The summed E-state index contributed by atoms with van der Waals surface area (Å²) in [6.45, 7) is 2.37. The summed E-state index contributed by atoms with van der Waals surface area (Å²) in [4.78, 5) is 23.2. The summed E-state index contributed by atoms with van der Waals surface area (Å²) in [6, 6.07) is 0. The van der Waals surface area contributed by atoms with E-state index in [-0.39, 0.29) is 26.2 Å². The van der Waals surface area contributed by atoms with E-state index in [1.807, 2.05) is 27.2 Å². The third-order valence-electron chi connectivity index (χ3n) is 5.90. The molecule has 0 rings (SSSR count). The van der Waals surface area contributed by atoms with Crippen molar-refractivity contribution >= 4 is 11.9 Å². The number of carboxylic acid groups (broad SMARTS) is 1. The number of carbonyl (C=O) groups excluding carboxylic acids is 1. The van der Waals surface area contributed by atoms with Crippen molar-refractivity contribution in [2.75, 3.05) is 47.5 Å². The summed E-state index contributed by atoms with van der Waals surface area (Å²) >= 11 is 0. The Kier molecular flexibility index (Phi) is 26.7. The van der Waals surface area contributed by atoms with E-state index in [9.17, 15) is 19.8 Å². The molecule has 0 aliphatic rings. The number of aliphatic hydroxyl groups is 1. The number of quaternary nitrogens is 1. The molecule has 248 valence electrons. The van der Waals surface area contributed by atoms with E-state index in [0.29, 0.717) is 17.4 Å². The highest BCUT2D eigenvalue weighted by atomic mass is 16.7. The molecule has 0 bridgehead atoms. The number of likely N-dealkylation sites (N-methyl/N-ethyl adjacent to an activating group) is 1. The summed E-state index contributed by atoms with van der Waals surface area (Å²) in [5.41, 5.74) is 0. The Labute approximate surface area is 266 Å². The van der Waals surface area contributed by atoms with Crippen molar-refractivity contribution in [2.45, 2.75) is 83.5 Å². The minimum absolute atomic E-state index is 0.196. The number of hydrogen-bond acceptors (Lipinski definition) is 6. The maximum absolute atomic E-state index is 11.9. The van der Waals surface area contributed by atoms with Crippen LogP contribution in [0.25, 0.3) is 0 Å². The lowest BCUT2D eigenvalue weighted by Gasteiger charge is -2.24. The molecule has 0 spiro atoms. The molecule has 8 heteroatoms. The first-order valence-electron chi connectivity index (χ1n) is 15.8. The first-order chi connectivity index (χ1) is 21.2. The smallest absolute Gasteiger partial charge is 0.361 e. The van der Waals surface area contributed by atoms with Gasteiger partial charge in [-0.15, -0.1) is 0 Å². The zero-order valence-corrected chi connectivity index (χ0v) is 27.5. The van der Waals surface area contributed by atoms with E-state index >= 15 is 0 Å². The Hall–Kier alpha value is -3.04. The van der Waals surface area contributed by atoms with Gasteiger partial charge in [-0.2, -0.15) is 0 Å². The van der Waals surface area contributed by atoms with Crippen LogP contribution in [0.5, 0.6) is 0 Å². The van der Waals surface area contributed by atoms with Gasteiger partial charge >= 0.3 is 11.9 Å². The topological polar surface area (TPSA) is 102 Å². The van der Waals surface area contributed by atoms with Crippen LogP contribution >= 0.6 is 0 Å². The maximum atomic E-state index is 11.9. The van der Waals surface area contributed by atoms with Gasteiger partial charge in [-0.05, 0) is 57.8 Å². The summed E-state index contributed by atoms with van der Waals surface area (Å²) < 4.78 is 16.0. The van der Waals surface area contributed by atoms with Crippen LogP contribution in [0.4, 0.5) is 0 Å². The number of esters is 1. The first-order valence-corrected chi connectivity index (χ1v) is 15.8. The average Bonchev–Trinajstić information content (AvgIpc) is 2.97. The van der Waals surface area contributed by atoms with Crippen LogP contribution in [0.1, 0.15) is 71.1 Å². The predicted octanol–water partition coefficient (Wildman–Crippen LogP) is 6.85. The lowest BCUT2D eigenvalue weighted by molar-refractivity contribution is -0.870. The average molecular weight is 617 g/mol. The fourth-order valence-electron chi connectivity index (χ4n) is 3.41. The predicted molar refractivity (Wildman–Crippen MR) is 179 cm³/mol. The Bertz CT molecular complexity index is 939. The number of carboxylic acids is 1. The molecule has 0 amide bonds. The van der Waals surface area contributed by atoms with Crippen LogP contribution in [-0.4, -0.2) is 86.5 Å². The molecule has 0 saturated carbocycles. The Morgan fingerprint density at radius 2 is 1.14 bits per heavy atom. The zero-order chi connectivity index (χ0) is 32.7. The van der Waals surface area contributed by atoms with E-state index < -0.39 is 24.3 Å². The van der Waals surface area contributed by atoms with Crippen molar-refractivity contribution < 1.29 is 38.5 Å². The number of ether oxygens (including phenoxy) is 3. The van der Waals surface area contributed by atoms with Gasteiger partial charge in [0, 0.05) is 6.42 Å². The number of unbranched alkanes of at least 4 members (excludes halogenated alkanes) is 1. The van der Waals surface area contributed by atoms with Crippen LogP contribution in [0.15, 0.2) is 85.1 Å². The molecule has 0 aromatic carbocycles. The van der Waals surface area contributed by atoms with Crippen molar-refractivity contribution in [3.8, 4) is 0 Å². The molecule has 0 aromatic rings. The molecule has 2 N–H and O–H groups in total. The van der Waals surface area contributed by atoms with Gasteiger partial charge < -0.3 is 28.9 Å². The highest BCUT2D eigenvalue weighted by molar-refractivity contribution is 5.70. The third kappa shape index (κ3) is 30.4. The monoisotopic (exact) mass is 616 g/mol. The summed E-state index contributed by atoms with van der Waals surface area (Å²) in [7, 11) is 5.88. The Balaban J connectivity index is 3.81. The van der Waals surface area contributed by atoms with Crippen molar-refractivity contribution in [1.82, 2.24) is 0 Å². The van der Waals surface area contributed by atoms with Crippen molar-refractivity contribution in [3.05, 3.63) is 85.1 Å². The summed E-state index contributed by atoms with van der Waals surface area (Å²) in [5.74, 6) is -1.69. The van der Waals surface area contributed by atoms with Gasteiger partial charge in [0.1, 0.15) is 19.3 Å². The van der Waals surface area contributed by atoms with Crippen LogP contribution in [0.2, 0.25) is 0 Å². The third-order valence-corrected chi connectivity index (χ3v) is 5.90. The highest BCUT2D eigenvalue weighted by Gasteiger charge is 2.22. The zero-order valence-electron chi connectivity index (χ0n) is 27.5. The molecule has 0 fully saturated rings. The van der Waals surface area contributed by atoms with E-state index in [1.165, 1.54) is 0 Å². The van der Waals surface area contributed by atoms with E-state index in [4.69, 9.17) is 14.2 Å². The van der Waals surface area contributed by atoms with Gasteiger partial charge in [-0.3, -0.25) is 4.79 Å². The number of aliphatic hydroxyl groups excluding tert-OH is 1. The molecule has 0 heterocycles. The lowest BCUT2D eigenvalue weighted by atomic mass is 10.2.